The normalized spacial score (nSPS) is 15.5. The number of hydrogen-bond acceptors (Lipinski definition) is 5. The second-order valence-corrected chi connectivity index (χ2v) is 9.39. The number of methoxy groups -OCH3 is 1. The van der Waals surface area contributed by atoms with Crippen LogP contribution in [0.1, 0.15) is 41.2 Å². The number of rotatable bonds is 9. The molecule has 1 amide bonds. The lowest BCUT2D eigenvalue weighted by atomic mass is 10.0. The number of piperidine rings is 1. The van der Waals surface area contributed by atoms with E-state index in [0.29, 0.717) is 6.54 Å². The largest absolute Gasteiger partial charge is 0.496 e. The van der Waals surface area contributed by atoms with E-state index >= 15 is 0 Å². The molecule has 7 nitrogen and oxygen atoms in total. The smallest absolute Gasteiger partial charge is 0.251 e. The Kier molecular flexibility index (Phi) is 8.28. The molecule has 1 unspecified atom stereocenters. The number of terminal acetylenes is 1. The lowest BCUT2D eigenvalue weighted by molar-refractivity contribution is 0.0923. The van der Waals surface area contributed by atoms with Gasteiger partial charge in [-0.05, 0) is 50.2 Å². The van der Waals surface area contributed by atoms with Crippen LogP contribution < -0.4 is 14.8 Å². The first-order valence-electron chi connectivity index (χ1n) is 10.6. The van der Waals surface area contributed by atoms with Crippen LogP contribution in [0.15, 0.2) is 53.4 Å². The van der Waals surface area contributed by atoms with Crippen molar-refractivity contribution in [2.75, 3.05) is 33.3 Å². The van der Waals surface area contributed by atoms with Crippen molar-refractivity contribution in [1.82, 2.24) is 14.9 Å². The number of carbonyl (C=O) groups excluding carboxylic acids is 1. The number of benzene rings is 2. The van der Waals surface area contributed by atoms with E-state index < -0.39 is 10.0 Å². The SMILES string of the molecule is C#CCNS(=O)(=O)c1cccc(C(=O)NCC(c2ccccc2OC)N2CCCCC2)c1. The molecule has 1 saturated heterocycles. The number of hydrogen-bond donors (Lipinski definition) is 2. The maximum absolute atomic E-state index is 12.9. The van der Waals surface area contributed by atoms with Gasteiger partial charge in [-0.2, -0.15) is 4.72 Å². The van der Waals surface area contributed by atoms with E-state index in [1.54, 1.807) is 19.2 Å². The summed E-state index contributed by atoms with van der Waals surface area (Å²) < 4.78 is 32.5. The molecule has 1 aliphatic heterocycles. The van der Waals surface area contributed by atoms with Gasteiger partial charge in [-0.15, -0.1) is 6.42 Å². The first-order chi connectivity index (χ1) is 15.5. The standard InChI is InChI=1S/C24H29N3O4S/c1-3-14-26-32(29,30)20-11-9-10-19(17-20)24(28)25-18-22(27-15-7-4-8-16-27)21-12-5-6-13-23(21)31-2/h1,5-6,9-13,17,22,26H,4,7-8,14-16,18H2,2H3,(H,25,28). The number of nitrogens with one attached hydrogen (secondary N) is 2. The third-order valence-corrected chi connectivity index (χ3v) is 6.96. The predicted octanol–water partition coefficient (Wildman–Crippen LogP) is 2.56. The first-order valence-corrected chi connectivity index (χ1v) is 12.1. The summed E-state index contributed by atoms with van der Waals surface area (Å²) in [5, 5.41) is 2.98. The lowest BCUT2D eigenvalue weighted by Crippen LogP contribution is -2.40. The Morgan fingerprint density at radius 3 is 2.62 bits per heavy atom. The fourth-order valence-corrected chi connectivity index (χ4v) is 4.90. The summed E-state index contributed by atoms with van der Waals surface area (Å²) >= 11 is 0. The average Bonchev–Trinajstić information content (AvgIpc) is 2.84. The Labute approximate surface area is 190 Å². The van der Waals surface area contributed by atoms with Crippen LogP contribution in [0.2, 0.25) is 0 Å². The van der Waals surface area contributed by atoms with Crippen molar-refractivity contribution < 1.29 is 17.9 Å². The summed E-state index contributed by atoms with van der Waals surface area (Å²) in [6.45, 7) is 2.17. The van der Waals surface area contributed by atoms with E-state index in [-0.39, 0.29) is 29.0 Å². The van der Waals surface area contributed by atoms with Gasteiger partial charge in [-0.1, -0.05) is 36.6 Å². The van der Waals surface area contributed by atoms with Gasteiger partial charge in [0.15, 0.2) is 0 Å². The molecule has 0 spiro atoms. The minimum atomic E-state index is -3.78. The van der Waals surface area contributed by atoms with Crippen molar-refractivity contribution >= 4 is 15.9 Å². The van der Waals surface area contributed by atoms with Gasteiger partial charge in [0.2, 0.25) is 10.0 Å². The molecule has 1 aliphatic rings. The summed E-state index contributed by atoms with van der Waals surface area (Å²) in [7, 11) is -2.13. The molecular formula is C24H29N3O4S. The van der Waals surface area contributed by atoms with E-state index in [0.717, 1.165) is 37.2 Å². The third-order valence-electron chi connectivity index (χ3n) is 5.56. The van der Waals surface area contributed by atoms with E-state index in [2.05, 4.69) is 20.9 Å². The van der Waals surface area contributed by atoms with Crippen LogP contribution in [-0.4, -0.2) is 52.5 Å². The van der Waals surface area contributed by atoms with Crippen LogP contribution in [0, 0.1) is 12.3 Å². The van der Waals surface area contributed by atoms with Crippen LogP contribution in [0.4, 0.5) is 0 Å². The molecule has 0 radical (unpaired) electrons. The number of ether oxygens (including phenoxy) is 1. The molecule has 1 fully saturated rings. The average molecular weight is 456 g/mol. The lowest BCUT2D eigenvalue weighted by Gasteiger charge is -2.35. The van der Waals surface area contributed by atoms with Crippen LogP contribution in [0.25, 0.3) is 0 Å². The van der Waals surface area contributed by atoms with Crippen LogP contribution >= 0.6 is 0 Å². The van der Waals surface area contributed by atoms with Crippen LogP contribution in [-0.2, 0) is 10.0 Å². The van der Waals surface area contributed by atoms with Gasteiger partial charge >= 0.3 is 0 Å². The molecular weight excluding hydrogens is 426 g/mol. The number of carbonyl (C=O) groups is 1. The number of likely N-dealkylation sites (tertiary alicyclic amines) is 1. The fourth-order valence-electron chi connectivity index (χ4n) is 3.92. The Morgan fingerprint density at radius 2 is 1.91 bits per heavy atom. The van der Waals surface area contributed by atoms with Crippen molar-refractivity contribution in [3.8, 4) is 18.1 Å². The molecule has 0 saturated carbocycles. The molecule has 8 heteroatoms. The monoisotopic (exact) mass is 455 g/mol. The molecule has 1 heterocycles. The summed E-state index contributed by atoms with van der Waals surface area (Å²) in [5.74, 6) is 2.68. The maximum atomic E-state index is 12.9. The second kappa shape index (κ2) is 11.1. The fraction of sp³-hybridized carbons (Fsp3) is 0.375. The second-order valence-electron chi connectivity index (χ2n) is 7.62. The van der Waals surface area contributed by atoms with Crippen molar-refractivity contribution in [3.63, 3.8) is 0 Å². The van der Waals surface area contributed by atoms with Crippen molar-refractivity contribution in [1.29, 1.82) is 0 Å². The topological polar surface area (TPSA) is 87.7 Å². The first kappa shape index (κ1) is 23.8. The molecule has 2 N–H and O–H groups in total. The molecule has 1 atom stereocenters. The maximum Gasteiger partial charge on any atom is 0.251 e. The molecule has 3 rings (SSSR count). The molecule has 0 aliphatic carbocycles. The minimum Gasteiger partial charge on any atom is -0.496 e. The highest BCUT2D eigenvalue weighted by Gasteiger charge is 2.25. The van der Waals surface area contributed by atoms with Gasteiger partial charge in [0.1, 0.15) is 5.75 Å². The zero-order valence-electron chi connectivity index (χ0n) is 18.2. The molecule has 0 bridgehead atoms. The molecule has 170 valence electrons. The summed E-state index contributed by atoms with van der Waals surface area (Å²) in [5.41, 5.74) is 1.29. The number of amides is 1. The number of sulfonamides is 1. The van der Waals surface area contributed by atoms with Crippen molar-refractivity contribution in [2.45, 2.75) is 30.2 Å². The predicted molar refractivity (Wildman–Crippen MR) is 124 cm³/mol. The quantitative estimate of drug-likeness (QED) is 0.568. The van der Waals surface area contributed by atoms with Gasteiger partial charge in [-0.3, -0.25) is 9.69 Å². The summed E-state index contributed by atoms with van der Waals surface area (Å²) in [6.07, 6.45) is 8.57. The molecule has 0 aromatic heterocycles. The summed E-state index contributed by atoms with van der Waals surface area (Å²) in [6, 6.07) is 13.7. The van der Waals surface area contributed by atoms with Gasteiger partial charge in [-0.25, -0.2) is 8.42 Å². The van der Waals surface area contributed by atoms with Crippen molar-refractivity contribution in [2.24, 2.45) is 0 Å². The van der Waals surface area contributed by atoms with E-state index in [1.165, 1.54) is 18.6 Å². The summed E-state index contributed by atoms with van der Waals surface area (Å²) in [4.78, 5) is 15.3. The number of nitrogens with zero attached hydrogens (tertiary/aromatic N) is 1. The Hall–Kier alpha value is -2.86. The zero-order chi connectivity index (χ0) is 23.0. The van der Waals surface area contributed by atoms with Gasteiger partial charge in [0.05, 0.1) is 24.6 Å². The number of para-hydroxylation sites is 1. The highest BCUT2D eigenvalue weighted by Crippen LogP contribution is 2.31. The highest BCUT2D eigenvalue weighted by atomic mass is 32.2. The van der Waals surface area contributed by atoms with Crippen LogP contribution in [0.3, 0.4) is 0 Å². The van der Waals surface area contributed by atoms with Gasteiger partial charge < -0.3 is 10.1 Å². The van der Waals surface area contributed by atoms with Gasteiger partial charge in [0.25, 0.3) is 5.91 Å². The van der Waals surface area contributed by atoms with E-state index in [4.69, 9.17) is 11.2 Å². The minimum absolute atomic E-state index is 0.00212. The Bertz CT molecular complexity index is 1070. The molecule has 2 aromatic rings. The Morgan fingerprint density at radius 1 is 1.16 bits per heavy atom. The highest BCUT2D eigenvalue weighted by molar-refractivity contribution is 7.89. The molecule has 32 heavy (non-hydrogen) atoms. The Balaban J connectivity index is 1.78. The van der Waals surface area contributed by atoms with Crippen LogP contribution in [0.5, 0.6) is 5.75 Å². The third kappa shape index (κ3) is 5.88. The van der Waals surface area contributed by atoms with Crippen molar-refractivity contribution in [3.05, 3.63) is 59.7 Å². The van der Waals surface area contributed by atoms with E-state index in [9.17, 15) is 13.2 Å². The van der Waals surface area contributed by atoms with Gasteiger partial charge in [0, 0.05) is 17.7 Å². The molecule has 2 aromatic carbocycles. The zero-order valence-corrected chi connectivity index (χ0v) is 19.0. The van der Waals surface area contributed by atoms with E-state index in [1.807, 2.05) is 24.3 Å².